The van der Waals surface area contributed by atoms with E-state index in [1.807, 2.05) is 19.1 Å². The molecule has 0 radical (unpaired) electrons. The van der Waals surface area contributed by atoms with Crippen molar-refractivity contribution in [3.05, 3.63) is 23.8 Å². The topological polar surface area (TPSA) is 58.4 Å². The van der Waals surface area contributed by atoms with Crippen LogP contribution in [0.25, 0.3) is 0 Å². The van der Waals surface area contributed by atoms with Crippen LogP contribution in [0.2, 0.25) is 0 Å². The highest BCUT2D eigenvalue weighted by Gasteiger charge is 2.22. The lowest BCUT2D eigenvalue weighted by Crippen LogP contribution is -2.24. The van der Waals surface area contributed by atoms with Gasteiger partial charge in [0.2, 0.25) is 0 Å². The zero-order chi connectivity index (χ0) is 13.8. The van der Waals surface area contributed by atoms with Crippen LogP contribution in [0.5, 0.6) is 0 Å². The Bertz CT molecular complexity index is 459. The Kier molecular flexibility index (Phi) is 4.30. The summed E-state index contributed by atoms with van der Waals surface area (Å²) < 4.78 is 0. The number of benzene rings is 1. The van der Waals surface area contributed by atoms with Crippen LogP contribution in [0, 0.1) is 5.92 Å². The Hall–Kier alpha value is -1.71. The van der Waals surface area contributed by atoms with Gasteiger partial charge in [0, 0.05) is 25.2 Å². The molecule has 4 nitrogen and oxygen atoms in total. The first-order valence-electron chi connectivity index (χ1n) is 7.08. The smallest absolute Gasteiger partial charge is 0.251 e. The molecule has 1 aliphatic heterocycles. The molecule has 0 bridgehead atoms. The maximum Gasteiger partial charge on any atom is 0.251 e. The number of hydrogen-bond acceptors (Lipinski definition) is 3. The number of rotatable bonds is 4. The third-order valence-corrected chi connectivity index (χ3v) is 3.83. The average molecular weight is 261 g/mol. The second-order valence-corrected chi connectivity index (χ2v) is 5.14. The third-order valence-electron chi connectivity index (χ3n) is 3.83. The van der Waals surface area contributed by atoms with E-state index in [1.165, 1.54) is 12.8 Å². The fourth-order valence-corrected chi connectivity index (χ4v) is 2.63. The van der Waals surface area contributed by atoms with Gasteiger partial charge in [0.25, 0.3) is 5.91 Å². The van der Waals surface area contributed by atoms with Crippen molar-refractivity contribution in [1.29, 1.82) is 0 Å². The van der Waals surface area contributed by atoms with E-state index in [4.69, 9.17) is 5.73 Å². The molecule has 2 rings (SSSR count). The van der Waals surface area contributed by atoms with Gasteiger partial charge in [0.05, 0.1) is 11.4 Å². The molecule has 0 saturated carbocycles. The summed E-state index contributed by atoms with van der Waals surface area (Å²) in [5, 5.41) is 2.79. The van der Waals surface area contributed by atoms with Crippen molar-refractivity contribution >= 4 is 17.3 Å². The van der Waals surface area contributed by atoms with Crippen LogP contribution in [0.1, 0.15) is 37.0 Å². The van der Waals surface area contributed by atoms with E-state index in [0.717, 1.165) is 24.7 Å². The molecule has 1 amide bonds. The van der Waals surface area contributed by atoms with Crippen LogP contribution in [0.15, 0.2) is 18.2 Å². The van der Waals surface area contributed by atoms with Crippen LogP contribution in [0.4, 0.5) is 11.4 Å². The summed E-state index contributed by atoms with van der Waals surface area (Å²) in [6.45, 7) is 6.90. The molecule has 1 aromatic carbocycles. The SMILES string of the molecule is CCNC(=O)c1ccc(N2CCC(CC)C2)c(N)c1. The van der Waals surface area contributed by atoms with Crippen LogP contribution < -0.4 is 16.0 Å². The van der Waals surface area contributed by atoms with E-state index in [9.17, 15) is 4.79 Å². The Morgan fingerprint density at radius 2 is 2.26 bits per heavy atom. The highest BCUT2D eigenvalue weighted by Crippen LogP contribution is 2.30. The second kappa shape index (κ2) is 5.95. The van der Waals surface area contributed by atoms with Gasteiger partial charge in [-0.25, -0.2) is 0 Å². The van der Waals surface area contributed by atoms with Crippen LogP contribution in [-0.4, -0.2) is 25.5 Å². The number of nitrogens with two attached hydrogens (primary N) is 1. The molecule has 1 aliphatic rings. The Labute approximate surface area is 115 Å². The summed E-state index contributed by atoms with van der Waals surface area (Å²) in [6.07, 6.45) is 2.45. The summed E-state index contributed by atoms with van der Waals surface area (Å²) in [5.74, 6) is 0.705. The first-order chi connectivity index (χ1) is 9.15. The Balaban J connectivity index is 2.13. The summed E-state index contributed by atoms with van der Waals surface area (Å²) >= 11 is 0. The zero-order valence-corrected chi connectivity index (χ0v) is 11.8. The first kappa shape index (κ1) is 13.7. The van der Waals surface area contributed by atoms with E-state index in [0.29, 0.717) is 17.8 Å². The van der Waals surface area contributed by atoms with Gasteiger partial charge in [0.1, 0.15) is 0 Å². The molecule has 1 atom stereocenters. The molecule has 0 aliphatic carbocycles. The molecule has 19 heavy (non-hydrogen) atoms. The van der Waals surface area contributed by atoms with Gasteiger partial charge in [-0.2, -0.15) is 0 Å². The molecule has 1 saturated heterocycles. The van der Waals surface area contributed by atoms with Gasteiger partial charge in [-0.15, -0.1) is 0 Å². The first-order valence-corrected chi connectivity index (χ1v) is 7.08. The number of nitrogens with one attached hydrogen (secondary N) is 1. The van der Waals surface area contributed by atoms with Crippen LogP contribution in [0.3, 0.4) is 0 Å². The number of carbonyl (C=O) groups is 1. The second-order valence-electron chi connectivity index (χ2n) is 5.14. The molecular weight excluding hydrogens is 238 g/mol. The van der Waals surface area contributed by atoms with Crippen LogP contribution in [-0.2, 0) is 0 Å². The molecule has 0 spiro atoms. The average Bonchev–Trinajstić information content (AvgIpc) is 2.87. The highest BCUT2D eigenvalue weighted by molar-refractivity contribution is 5.96. The lowest BCUT2D eigenvalue weighted by Gasteiger charge is -2.21. The summed E-state index contributed by atoms with van der Waals surface area (Å²) in [7, 11) is 0. The van der Waals surface area contributed by atoms with E-state index in [-0.39, 0.29) is 5.91 Å². The fourth-order valence-electron chi connectivity index (χ4n) is 2.63. The van der Waals surface area contributed by atoms with E-state index in [1.54, 1.807) is 6.07 Å². The molecule has 1 unspecified atom stereocenters. The van der Waals surface area contributed by atoms with Crippen molar-refractivity contribution in [3.8, 4) is 0 Å². The Morgan fingerprint density at radius 3 is 2.84 bits per heavy atom. The van der Waals surface area contributed by atoms with Crippen molar-refractivity contribution < 1.29 is 4.79 Å². The Morgan fingerprint density at radius 1 is 1.47 bits per heavy atom. The maximum absolute atomic E-state index is 11.7. The molecule has 3 N–H and O–H groups in total. The van der Waals surface area contributed by atoms with Crippen molar-refractivity contribution in [2.45, 2.75) is 26.7 Å². The standard InChI is InChI=1S/C15H23N3O/c1-3-11-7-8-18(10-11)14-6-5-12(9-13(14)16)15(19)17-4-2/h5-6,9,11H,3-4,7-8,10,16H2,1-2H3,(H,17,19). The van der Waals surface area contributed by atoms with Gasteiger partial charge < -0.3 is 16.0 Å². The molecule has 1 fully saturated rings. The molecule has 0 aromatic heterocycles. The van der Waals surface area contributed by atoms with Gasteiger partial charge in [0.15, 0.2) is 0 Å². The minimum atomic E-state index is -0.0615. The normalized spacial score (nSPS) is 18.6. The molecular formula is C15H23N3O. The van der Waals surface area contributed by atoms with E-state index < -0.39 is 0 Å². The van der Waals surface area contributed by atoms with Crippen LogP contribution >= 0.6 is 0 Å². The lowest BCUT2D eigenvalue weighted by molar-refractivity contribution is 0.0956. The number of anilines is 2. The highest BCUT2D eigenvalue weighted by atomic mass is 16.1. The monoisotopic (exact) mass is 261 g/mol. The van der Waals surface area contributed by atoms with Gasteiger partial charge in [-0.05, 0) is 37.5 Å². The van der Waals surface area contributed by atoms with E-state index in [2.05, 4.69) is 17.1 Å². The minimum Gasteiger partial charge on any atom is -0.397 e. The van der Waals surface area contributed by atoms with Gasteiger partial charge in [-0.3, -0.25) is 4.79 Å². The fraction of sp³-hybridized carbons (Fsp3) is 0.533. The van der Waals surface area contributed by atoms with Crippen molar-refractivity contribution in [2.75, 3.05) is 30.3 Å². The summed E-state index contributed by atoms with van der Waals surface area (Å²) in [4.78, 5) is 14.1. The number of nitrogen functional groups attached to an aromatic ring is 1. The lowest BCUT2D eigenvalue weighted by atomic mass is 10.1. The summed E-state index contributed by atoms with van der Waals surface area (Å²) in [5.41, 5.74) is 8.49. The van der Waals surface area contributed by atoms with Crippen molar-refractivity contribution in [1.82, 2.24) is 5.32 Å². The summed E-state index contributed by atoms with van der Waals surface area (Å²) in [6, 6.07) is 5.60. The number of nitrogens with zero attached hydrogens (tertiary/aromatic N) is 1. The zero-order valence-electron chi connectivity index (χ0n) is 11.8. The van der Waals surface area contributed by atoms with Gasteiger partial charge >= 0.3 is 0 Å². The van der Waals surface area contributed by atoms with Crippen molar-refractivity contribution in [2.24, 2.45) is 5.92 Å². The molecule has 104 valence electrons. The predicted octanol–water partition coefficient (Wildman–Crippen LogP) is 2.25. The molecule has 1 heterocycles. The predicted molar refractivity (Wildman–Crippen MR) is 79.5 cm³/mol. The number of amides is 1. The molecule has 4 heteroatoms. The molecule has 1 aromatic rings. The van der Waals surface area contributed by atoms with Gasteiger partial charge in [-0.1, -0.05) is 13.3 Å². The third kappa shape index (κ3) is 3.00. The minimum absolute atomic E-state index is 0.0615. The quantitative estimate of drug-likeness (QED) is 0.817. The number of hydrogen-bond donors (Lipinski definition) is 2. The van der Waals surface area contributed by atoms with Crippen molar-refractivity contribution in [3.63, 3.8) is 0 Å². The number of carbonyl (C=O) groups excluding carboxylic acids is 1. The maximum atomic E-state index is 11.7. The largest absolute Gasteiger partial charge is 0.397 e. The van der Waals surface area contributed by atoms with E-state index >= 15 is 0 Å².